The van der Waals surface area contributed by atoms with Gasteiger partial charge in [-0.2, -0.15) is 0 Å². The Morgan fingerprint density at radius 3 is 2.86 bits per heavy atom. The topological polar surface area (TPSA) is 41.6 Å². The zero-order chi connectivity index (χ0) is 15.2. The molecule has 1 unspecified atom stereocenters. The van der Waals surface area contributed by atoms with Gasteiger partial charge in [0.1, 0.15) is 0 Å². The van der Waals surface area contributed by atoms with Crippen molar-refractivity contribution in [2.24, 2.45) is 0 Å². The van der Waals surface area contributed by atoms with Crippen LogP contribution >= 0.6 is 23.2 Å². The molecule has 1 aromatic carbocycles. The molecule has 1 amide bonds. The second-order valence-electron chi connectivity index (χ2n) is 4.92. The summed E-state index contributed by atoms with van der Waals surface area (Å²) >= 11 is 16.6. The Morgan fingerprint density at radius 1 is 1.41 bits per heavy atom. The van der Waals surface area contributed by atoms with Crippen LogP contribution in [0.2, 0.25) is 10.0 Å². The number of carbonyl (C=O) groups excluding carboxylic acids is 1. The van der Waals surface area contributed by atoms with E-state index in [1.54, 1.807) is 6.07 Å². The largest absolute Gasteiger partial charge is 1.00 e. The zero-order valence-electron chi connectivity index (χ0n) is 12.5. The van der Waals surface area contributed by atoms with Crippen molar-refractivity contribution < 1.29 is 39.1 Å². The van der Waals surface area contributed by atoms with Crippen molar-refractivity contribution in [3.8, 4) is 0 Å². The molecule has 0 radical (unpaired) electrons. The van der Waals surface area contributed by atoms with Crippen molar-refractivity contribution in [1.29, 1.82) is 0 Å². The fourth-order valence-corrected chi connectivity index (χ4v) is 2.65. The number of carbonyl (C=O) groups is 1. The SMILES string of the molecule is O=C(C[S-])NCC1CN(Cc2ccc(Cl)c(Cl)c2)CCO1.[Na+]. The van der Waals surface area contributed by atoms with Crippen LogP contribution in [-0.4, -0.2) is 48.9 Å². The molecular weight excluding hydrogens is 354 g/mol. The van der Waals surface area contributed by atoms with Gasteiger partial charge < -0.3 is 22.7 Å². The number of halogens is 2. The Balaban J connectivity index is 0.00000242. The van der Waals surface area contributed by atoms with Gasteiger partial charge in [-0.1, -0.05) is 35.0 Å². The Labute approximate surface area is 168 Å². The van der Waals surface area contributed by atoms with E-state index in [1.165, 1.54) is 0 Å². The Morgan fingerprint density at radius 2 is 2.18 bits per heavy atom. The van der Waals surface area contributed by atoms with Crippen molar-refractivity contribution in [1.82, 2.24) is 10.2 Å². The van der Waals surface area contributed by atoms with Crippen LogP contribution in [0.3, 0.4) is 0 Å². The van der Waals surface area contributed by atoms with Gasteiger partial charge in [0.15, 0.2) is 5.91 Å². The summed E-state index contributed by atoms with van der Waals surface area (Å²) in [5, 5.41) is 3.90. The van der Waals surface area contributed by atoms with Crippen molar-refractivity contribution >= 4 is 41.7 Å². The molecule has 0 spiro atoms. The van der Waals surface area contributed by atoms with Gasteiger partial charge in [0.2, 0.25) is 0 Å². The van der Waals surface area contributed by atoms with Crippen LogP contribution in [0.15, 0.2) is 18.2 Å². The maximum absolute atomic E-state index is 11.2. The maximum atomic E-state index is 11.2. The minimum absolute atomic E-state index is 0. The summed E-state index contributed by atoms with van der Waals surface area (Å²) < 4.78 is 5.65. The molecule has 2 rings (SSSR count). The van der Waals surface area contributed by atoms with E-state index in [-0.39, 0.29) is 47.3 Å². The molecule has 4 nitrogen and oxygen atoms in total. The first kappa shape index (κ1) is 20.6. The molecule has 1 aliphatic rings. The van der Waals surface area contributed by atoms with E-state index in [9.17, 15) is 4.79 Å². The van der Waals surface area contributed by atoms with E-state index in [4.69, 9.17) is 27.9 Å². The van der Waals surface area contributed by atoms with Gasteiger partial charge in [-0.05, 0) is 17.7 Å². The second kappa shape index (κ2) is 10.4. The average Bonchev–Trinajstić information content (AvgIpc) is 2.49. The Hall–Kier alpha value is 0.540. The second-order valence-corrected chi connectivity index (χ2v) is 6.03. The van der Waals surface area contributed by atoms with Crippen LogP contribution in [0.25, 0.3) is 0 Å². The smallest absolute Gasteiger partial charge is 0.783 e. The van der Waals surface area contributed by atoms with Crippen LogP contribution in [0.5, 0.6) is 0 Å². The maximum Gasteiger partial charge on any atom is 1.00 e. The van der Waals surface area contributed by atoms with Gasteiger partial charge in [-0.25, -0.2) is 0 Å². The van der Waals surface area contributed by atoms with E-state index in [0.717, 1.165) is 25.2 Å². The molecule has 1 N–H and O–H groups in total. The first-order valence-electron chi connectivity index (χ1n) is 6.71. The number of ether oxygens (including phenoxy) is 1. The number of nitrogens with zero attached hydrogens (tertiary/aromatic N) is 1. The summed E-state index contributed by atoms with van der Waals surface area (Å²) in [7, 11) is 0. The summed E-state index contributed by atoms with van der Waals surface area (Å²) in [6, 6.07) is 5.66. The van der Waals surface area contributed by atoms with E-state index in [0.29, 0.717) is 23.2 Å². The first-order valence-corrected chi connectivity index (χ1v) is 8.04. The minimum Gasteiger partial charge on any atom is -0.783 e. The van der Waals surface area contributed by atoms with Crippen LogP contribution in [0, 0.1) is 0 Å². The number of hydrogen-bond acceptors (Lipinski definition) is 4. The van der Waals surface area contributed by atoms with Crippen LogP contribution in [-0.2, 0) is 28.7 Å². The first-order chi connectivity index (χ1) is 10.1. The number of benzene rings is 1. The van der Waals surface area contributed by atoms with E-state index >= 15 is 0 Å². The molecule has 1 heterocycles. The molecule has 1 saturated heterocycles. The summed E-state index contributed by atoms with van der Waals surface area (Å²) in [4.78, 5) is 13.5. The third kappa shape index (κ3) is 6.57. The van der Waals surface area contributed by atoms with Gasteiger partial charge >= 0.3 is 29.6 Å². The fourth-order valence-electron chi connectivity index (χ4n) is 2.22. The van der Waals surface area contributed by atoms with Gasteiger partial charge in [-0.15, -0.1) is 0 Å². The summed E-state index contributed by atoms with van der Waals surface area (Å²) in [6.45, 7) is 3.54. The fraction of sp³-hybridized carbons (Fsp3) is 0.500. The molecule has 0 saturated carbocycles. The third-order valence-corrected chi connectivity index (χ3v) is 4.27. The molecule has 116 valence electrons. The van der Waals surface area contributed by atoms with Crippen molar-refractivity contribution in [2.45, 2.75) is 12.6 Å². The molecule has 8 heteroatoms. The quantitative estimate of drug-likeness (QED) is 0.525. The van der Waals surface area contributed by atoms with Crippen LogP contribution in [0.4, 0.5) is 0 Å². The van der Waals surface area contributed by atoms with Crippen molar-refractivity contribution in [3.05, 3.63) is 33.8 Å². The Bertz CT molecular complexity index is 508. The molecule has 1 atom stereocenters. The molecule has 1 fully saturated rings. The molecule has 0 aliphatic carbocycles. The normalized spacial score (nSPS) is 18.6. The Kier molecular flexibility index (Phi) is 9.74. The molecule has 1 aromatic rings. The number of nitrogens with one attached hydrogen (secondary N) is 1. The summed E-state index contributed by atoms with van der Waals surface area (Å²) in [5.41, 5.74) is 1.11. The van der Waals surface area contributed by atoms with E-state index < -0.39 is 0 Å². The van der Waals surface area contributed by atoms with Crippen LogP contribution < -0.4 is 34.9 Å². The average molecular weight is 371 g/mol. The van der Waals surface area contributed by atoms with Gasteiger partial charge in [-0.3, -0.25) is 9.69 Å². The molecule has 0 bridgehead atoms. The predicted octanol–water partition coefficient (Wildman–Crippen LogP) is -1.14. The van der Waals surface area contributed by atoms with E-state index in [1.807, 2.05) is 12.1 Å². The minimum atomic E-state index is -0.129. The van der Waals surface area contributed by atoms with Crippen LogP contribution in [0.1, 0.15) is 5.56 Å². The van der Waals surface area contributed by atoms with Gasteiger partial charge in [0.25, 0.3) is 0 Å². The molecule has 1 aliphatic heterocycles. The van der Waals surface area contributed by atoms with Gasteiger partial charge in [0, 0.05) is 26.2 Å². The van der Waals surface area contributed by atoms with Crippen molar-refractivity contribution in [3.63, 3.8) is 0 Å². The van der Waals surface area contributed by atoms with E-state index in [2.05, 4.69) is 22.8 Å². The molecular formula is C14H17Cl2N2NaO2S. The molecule has 22 heavy (non-hydrogen) atoms. The predicted molar refractivity (Wildman–Crippen MR) is 86.7 cm³/mol. The third-order valence-electron chi connectivity index (χ3n) is 3.27. The monoisotopic (exact) mass is 370 g/mol. The summed E-state index contributed by atoms with van der Waals surface area (Å²) in [5.74, 6) is -0.0464. The summed E-state index contributed by atoms with van der Waals surface area (Å²) in [6.07, 6.45) is -0.00739. The van der Waals surface area contributed by atoms with Crippen molar-refractivity contribution in [2.75, 3.05) is 32.0 Å². The number of morpholine rings is 1. The standard InChI is InChI=1S/C14H18Cl2N2O2S.Na/c15-12-2-1-10(5-13(12)16)7-18-3-4-20-11(8-18)6-17-14(19)9-21;/h1-2,5,11,21H,3-4,6-9H2,(H,17,19);/q;+1/p-1. The molecule has 0 aromatic heterocycles. The number of hydrogen-bond donors (Lipinski definition) is 1. The number of rotatable bonds is 5. The van der Waals surface area contributed by atoms with Gasteiger partial charge in [0.05, 0.1) is 22.8 Å². The number of amides is 1. The zero-order valence-corrected chi connectivity index (χ0v) is 16.8.